The van der Waals surface area contributed by atoms with Gasteiger partial charge in [-0.2, -0.15) is 0 Å². The van der Waals surface area contributed by atoms with Crippen LogP contribution in [0.25, 0.3) is 0 Å². The second-order valence-electron chi connectivity index (χ2n) is 5.23. The number of amides is 1. The van der Waals surface area contributed by atoms with E-state index in [2.05, 4.69) is 24.5 Å². The van der Waals surface area contributed by atoms with E-state index in [1.807, 2.05) is 24.3 Å². The molecule has 5 heteroatoms. The predicted molar refractivity (Wildman–Crippen MR) is 80.9 cm³/mol. The van der Waals surface area contributed by atoms with E-state index in [9.17, 15) is 9.90 Å². The number of ether oxygens (including phenoxy) is 1. The van der Waals surface area contributed by atoms with Crippen LogP contribution in [0.3, 0.4) is 0 Å². The molecule has 20 heavy (non-hydrogen) atoms. The number of aliphatic hydroxyl groups is 1. The zero-order valence-corrected chi connectivity index (χ0v) is 12.3. The Balaban J connectivity index is 2.35. The molecule has 5 nitrogen and oxygen atoms in total. The van der Waals surface area contributed by atoms with E-state index in [0.29, 0.717) is 25.7 Å². The standard InChI is InChI=1S/C15H24N2O3/c1-11(2)9-20-10-15(19)8-16-13-5-4-6-14(7-13)17-12(3)18/h4-7,11,15-16,19H,8-10H2,1-3H3,(H,17,18). The molecule has 0 aliphatic heterocycles. The predicted octanol–water partition coefficient (Wildman–Crippen LogP) is 2.09. The summed E-state index contributed by atoms with van der Waals surface area (Å²) in [5.74, 6) is 0.355. The monoisotopic (exact) mass is 280 g/mol. The molecule has 0 bridgehead atoms. The lowest BCUT2D eigenvalue weighted by Crippen LogP contribution is -2.25. The summed E-state index contributed by atoms with van der Waals surface area (Å²) in [6.45, 7) is 6.97. The van der Waals surface area contributed by atoms with Gasteiger partial charge in [-0.1, -0.05) is 19.9 Å². The zero-order chi connectivity index (χ0) is 15.0. The van der Waals surface area contributed by atoms with Crippen molar-refractivity contribution in [3.05, 3.63) is 24.3 Å². The molecule has 112 valence electrons. The molecule has 1 rings (SSSR count). The zero-order valence-electron chi connectivity index (χ0n) is 12.3. The summed E-state index contributed by atoms with van der Waals surface area (Å²) in [4.78, 5) is 11.0. The Kier molecular flexibility index (Phi) is 7.04. The van der Waals surface area contributed by atoms with Gasteiger partial charge in [0.2, 0.25) is 5.91 Å². The first kappa shape index (κ1) is 16.5. The summed E-state index contributed by atoms with van der Waals surface area (Å²) in [6, 6.07) is 7.36. The second kappa shape index (κ2) is 8.55. The quantitative estimate of drug-likeness (QED) is 0.682. The maximum absolute atomic E-state index is 11.0. The summed E-state index contributed by atoms with van der Waals surface area (Å²) in [6.07, 6.45) is -0.557. The minimum Gasteiger partial charge on any atom is -0.389 e. The Labute approximate surface area is 120 Å². The number of hydrogen-bond acceptors (Lipinski definition) is 4. The Morgan fingerprint density at radius 3 is 2.65 bits per heavy atom. The molecule has 0 spiro atoms. The van der Waals surface area contributed by atoms with Crippen molar-refractivity contribution in [2.24, 2.45) is 5.92 Å². The summed E-state index contributed by atoms with van der Waals surface area (Å²) in [5, 5.41) is 15.6. The van der Waals surface area contributed by atoms with Crippen LogP contribution in [0.5, 0.6) is 0 Å². The third kappa shape index (κ3) is 7.11. The largest absolute Gasteiger partial charge is 0.389 e. The van der Waals surface area contributed by atoms with E-state index in [0.717, 1.165) is 11.4 Å². The number of carbonyl (C=O) groups excluding carboxylic acids is 1. The molecule has 0 heterocycles. The maximum atomic E-state index is 11.0. The van der Waals surface area contributed by atoms with Gasteiger partial charge in [0, 0.05) is 31.5 Å². The van der Waals surface area contributed by atoms with Gasteiger partial charge in [0.05, 0.1) is 12.7 Å². The molecule has 1 amide bonds. The van der Waals surface area contributed by atoms with Crippen LogP contribution in [0, 0.1) is 5.92 Å². The molecule has 1 atom stereocenters. The van der Waals surface area contributed by atoms with Gasteiger partial charge in [-0.05, 0) is 24.1 Å². The average Bonchev–Trinajstić information content (AvgIpc) is 2.35. The molecule has 0 fully saturated rings. The number of hydrogen-bond donors (Lipinski definition) is 3. The fourth-order valence-corrected chi connectivity index (χ4v) is 1.64. The fraction of sp³-hybridized carbons (Fsp3) is 0.533. The van der Waals surface area contributed by atoms with Gasteiger partial charge in [-0.3, -0.25) is 4.79 Å². The number of carbonyl (C=O) groups is 1. The van der Waals surface area contributed by atoms with Crippen molar-refractivity contribution in [3.8, 4) is 0 Å². The average molecular weight is 280 g/mol. The Hall–Kier alpha value is -1.59. The highest BCUT2D eigenvalue weighted by Gasteiger charge is 2.05. The number of aliphatic hydroxyl groups excluding tert-OH is 1. The Bertz CT molecular complexity index is 421. The SMILES string of the molecule is CC(=O)Nc1cccc(NCC(O)COCC(C)C)c1. The van der Waals surface area contributed by atoms with Crippen LogP contribution in [0.4, 0.5) is 11.4 Å². The van der Waals surface area contributed by atoms with Crippen molar-refractivity contribution in [1.82, 2.24) is 0 Å². The Morgan fingerprint density at radius 1 is 1.30 bits per heavy atom. The molecule has 0 aromatic heterocycles. The van der Waals surface area contributed by atoms with Crippen molar-refractivity contribution < 1.29 is 14.6 Å². The van der Waals surface area contributed by atoms with Gasteiger partial charge in [0.25, 0.3) is 0 Å². The lowest BCUT2D eigenvalue weighted by molar-refractivity contribution is -0.114. The van der Waals surface area contributed by atoms with Crippen molar-refractivity contribution in [1.29, 1.82) is 0 Å². The van der Waals surface area contributed by atoms with Crippen LogP contribution in [0.15, 0.2) is 24.3 Å². The van der Waals surface area contributed by atoms with Crippen molar-refractivity contribution in [3.63, 3.8) is 0 Å². The molecular weight excluding hydrogens is 256 g/mol. The molecule has 1 aromatic rings. The second-order valence-corrected chi connectivity index (χ2v) is 5.23. The highest BCUT2D eigenvalue weighted by Crippen LogP contribution is 2.14. The number of nitrogens with one attached hydrogen (secondary N) is 2. The van der Waals surface area contributed by atoms with E-state index >= 15 is 0 Å². The lowest BCUT2D eigenvalue weighted by atomic mass is 10.2. The third-order valence-electron chi connectivity index (χ3n) is 2.49. The molecule has 0 radical (unpaired) electrons. The van der Waals surface area contributed by atoms with E-state index in [1.165, 1.54) is 6.92 Å². The first-order valence-corrected chi connectivity index (χ1v) is 6.84. The molecular formula is C15H24N2O3. The van der Waals surface area contributed by atoms with E-state index in [1.54, 1.807) is 0 Å². The number of rotatable bonds is 8. The summed E-state index contributed by atoms with van der Waals surface area (Å²) in [7, 11) is 0. The molecule has 3 N–H and O–H groups in total. The van der Waals surface area contributed by atoms with Gasteiger partial charge in [0.1, 0.15) is 0 Å². The highest BCUT2D eigenvalue weighted by molar-refractivity contribution is 5.89. The smallest absolute Gasteiger partial charge is 0.221 e. The van der Waals surface area contributed by atoms with Crippen LogP contribution >= 0.6 is 0 Å². The van der Waals surface area contributed by atoms with E-state index < -0.39 is 6.10 Å². The fourth-order valence-electron chi connectivity index (χ4n) is 1.64. The van der Waals surface area contributed by atoms with Gasteiger partial charge in [0.15, 0.2) is 0 Å². The van der Waals surface area contributed by atoms with Crippen LogP contribution in [0.2, 0.25) is 0 Å². The number of anilines is 2. The summed E-state index contributed by atoms with van der Waals surface area (Å²) >= 11 is 0. The van der Waals surface area contributed by atoms with E-state index in [4.69, 9.17) is 4.74 Å². The molecule has 1 unspecified atom stereocenters. The summed E-state index contributed by atoms with van der Waals surface area (Å²) in [5.41, 5.74) is 1.58. The topological polar surface area (TPSA) is 70.6 Å². The van der Waals surface area contributed by atoms with Gasteiger partial charge >= 0.3 is 0 Å². The van der Waals surface area contributed by atoms with Crippen LogP contribution in [-0.4, -0.2) is 36.9 Å². The van der Waals surface area contributed by atoms with Crippen molar-refractivity contribution >= 4 is 17.3 Å². The minimum atomic E-state index is -0.557. The van der Waals surface area contributed by atoms with Crippen molar-refractivity contribution in [2.75, 3.05) is 30.4 Å². The molecule has 1 aromatic carbocycles. The van der Waals surface area contributed by atoms with Gasteiger partial charge < -0.3 is 20.5 Å². The van der Waals surface area contributed by atoms with E-state index in [-0.39, 0.29) is 5.91 Å². The first-order chi connectivity index (χ1) is 9.47. The van der Waals surface area contributed by atoms with Crippen LogP contribution < -0.4 is 10.6 Å². The van der Waals surface area contributed by atoms with Gasteiger partial charge in [-0.15, -0.1) is 0 Å². The molecule has 0 aliphatic rings. The van der Waals surface area contributed by atoms with Crippen molar-refractivity contribution in [2.45, 2.75) is 26.9 Å². The lowest BCUT2D eigenvalue weighted by Gasteiger charge is -2.14. The van der Waals surface area contributed by atoms with Crippen LogP contribution in [-0.2, 0) is 9.53 Å². The summed E-state index contributed by atoms with van der Waals surface area (Å²) < 4.78 is 5.37. The van der Waals surface area contributed by atoms with Crippen LogP contribution in [0.1, 0.15) is 20.8 Å². The highest BCUT2D eigenvalue weighted by atomic mass is 16.5. The first-order valence-electron chi connectivity index (χ1n) is 6.84. The molecule has 0 aliphatic carbocycles. The Morgan fingerprint density at radius 2 is 2.00 bits per heavy atom. The maximum Gasteiger partial charge on any atom is 0.221 e. The normalized spacial score (nSPS) is 12.2. The number of benzene rings is 1. The minimum absolute atomic E-state index is 0.107. The molecule has 0 saturated heterocycles. The van der Waals surface area contributed by atoms with Gasteiger partial charge in [-0.25, -0.2) is 0 Å². The molecule has 0 saturated carbocycles. The third-order valence-corrected chi connectivity index (χ3v) is 2.49.